The van der Waals surface area contributed by atoms with Gasteiger partial charge in [-0.05, 0) is 50.8 Å². The number of ether oxygens (including phenoxy) is 3. The Morgan fingerprint density at radius 2 is 1.44 bits per heavy atom. The summed E-state index contributed by atoms with van der Waals surface area (Å²) in [6.07, 6.45) is 10.8. The Morgan fingerprint density at radius 3 is 2.00 bits per heavy atom. The third kappa shape index (κ3) is 12.1. The number of carbonyl (C=O) groups excluding carboxylic acids is 1. The Kier molecular flexibility index (Phi) is 15.5. The second-order valence-corrected chi connectivity index (χ2v) is 8.42. The zero-order valence-corrected chi connectivity index (χ0v) is 21.0. The van der Waals surface area contributed by atoms with Crippen LogP contribution in [0.4, 0.5) is 0 Å². The van der Waals surface area contributed by atoms with Crippen molar-refractivity contribution < 1.29 is 34.0 Å². The van der Waals surface area contributed by atoms with Gasteiger partial charge in [0.2, 0.25) is 5.75 Å². The first-order valence-corrected chi connectivity index (χ1v) is 12.6. The molecule has 34 heavy (non-hydrogen) atoms. The van der Waals surface area contributed by atoms with Gasteiger partial charge in [0.15, 0.2) is 17.3 Å². The van der Waals surface area contributed by atoms with Crippen molar-refractivity contribution in [2.75, 3.05) is 19.8 Å². The SMILES string of the molecule is CCCCCCOc1c(/C=C/C(=O)O)ccc(OCCCC(O)C(C)=O)c1OCCCCCC. The Hall–Kier alpha value is -2.54. The van der Waals surface area contributed by atoms with E-state index in [1.54, 1.807) is 12.1 Å². The minimum absolute atomic E-state index is 0.260. The third-order valence-electron chi connectivity index (χ3n) is 5.35. The van der Waals surface area contributed by atoms with E-state index in [4.69, 9.17) is 19.3 Å². The van der Waals surface area contributed by atoms with E-state index in [0.29, 0.717) is 55.5 Å². The van der Waals surface area contributed by atoms with Crippen LogP contribution in [0, 0.1) is 0 Å². The summed E-state index contributed by atoms with van der Waals surface area (Å²) in [6.45, 7) is 6.96. The summed E-state index contributed by atoms with van der Waals surface area (Å²) in [6, 6.07) is 3.50. The van der Waals surface area contributed by atoms with Crippen LogP contribution in [0.15, 0.2) is 18.2 Å². The van der Waals surface area contributed by atoms with E-state index < -0.39 is 12.1 Å². The highest BCUT2D eigenvalue weighted by molar-refractivity contribution is 5.86. The number of carboxylic acids is 1. The zero-order valence-electron chi connectivity index (χ0n) is 21.0. The zero-order chi connectivity index (χ0) is 25.2. The summed E-state index contributed by atoms with van der Waals surface area (Å²) in [5.41, 5.74) is 0.612. The van der Waals surface area contributed by atoms with Crippen molar-refractivity contribution in [1.29, 1.82) is 0 Å². The molecule has 1 rings (SSSR count). The van der Waals surface area contributed by atoms with Crippen LogP contribution in [-0.2, 0) is 9.59 Å². The van der Waals surface area contributed by atoms with Crippen LogP contribution in [0.3, 0.4) is 0 Å². The Bertz CT molecular complexity index is 758. The standard InChI is InChI=1S/C27H42O7/c1-4-6-8-10-18-33-26-22(15-17-25(30)31)14-16-24(27(26)34-19-11-9-7-5-2)32-20-12-13-23(29)21(3)28/h14-17,23,29H,4-13,18-20H2,1-3H3,(H,30,31)/b17-15+. The molecular formula is C27H42O7. The highest BCUT2D eigenvalue weighted by Gasteiger charge is 2.18. The van der Waals surface area contributed by atoms with E-state index in [1.165, 1.54) is 13.0 Å². The lowest BCUT2D eigenvalue weighted by Gasteiger charge is -2.19. The Labute approximate surface area is 204 Å². The number of aliphatic hydroxyl groups excluding tert-OH is 1. The lowest BCUT2D eigenvalue weighted by molar-refractivity contribution is -0.131. The monoisotopic (exact) mass is 478 g/mol. The van der Waals surface area contributed by atoms with Crippen LogP contribution in [0.2, 0.25) is 0 Å². The van der Waals surface area contributed by atoms with Gasteiger partial charge in [-0.3, -0.25) is 4.79 Å². The minimum Gasteiger partial charge on any atom is -0.490 e. The summed E-state index contributed by atoms with van der Waals surface area (Å²) in [5.74, 6) is 0.144. The normalized spacial score (nSPS) is 12.0. The van der Waals surface area contributed by atoms with Gasteiger partial charge in [0.1, 0.15) is 6.10 Å². The van der Waals surface area contributed by atoms with Gasteiger partial charge in [0, 0.05) is 11.6 Å². The summed E-state index contributed by atoms with van der Waals surface area (Å²) < 4.78 is 18.2. The van der Waals surface area contributed by atoms with Crippen molar-refractivity contribution in [3.05, 3.63) is 23.8 Å². The third-order valence-corrected chi connectivity index (χ3v) is 5.35. The van der Waals surface area contributed by atoms with E-state index in [1.807, 2.05) is 0 Å². The summed E-state index contributed by atoms with van der Waals surface area (Å²) in [7, 11) is 0. The molecular weight excluding hydrogens is 436 g/mol. The molecule has 192 valence electrons. The molecule has 0 aliphatic heterocycles. The Balaban J connectivity index is 3.07. The number of rotatable bonds is 20. The topological polar surface area (TPSA) is 102 Å². The molecule has 0 aliphatic carbocycles. The molecule has 0 saturated carbocycles. The maximum Gasteiger partial charge on any atom is 0.328 e. The van der Waals surface area contributed by atoms with Gasteiger partial charge in [-0.2, -0.15) is 0 Å². The number of Topliss-reactive ketones (excluding diaryl/α,β-unsaturated/α-hetero) is 1. The van der Waals surface area contributed by atoms with Crippen molar-refractivity contribution in [1.82, 2.24) is 0 Å². The largest absolute Gasteiger partial charge is 0.490 e. The molecule has 0 radical (unpaired) electrons. The predicted molar refractivity (Wildman–Crippen MR) is 134 cm³/mol. The molecule has 1 atom stereocenters. The van der Waals surface area contributed by atoms with Crippen molar-refractivity contribution in [2.45, 2.75) is 91.1 Å². The first-order valence-electron chi connectivity index (χ1n) is 12.6. The molecule has 0 bridgehead atoms. The summed E-state index contributed by atoms with van der Waals surface area (Å²) >= 11 is 0. The van der Waals surface area contributed by atoms with Crippen LogP contribution in [0.25, 0.3) is 6.08 Å². The fraction of sp³-hybridized carbons (Fsp3) is 0.630. The molecule has 7 heteroatoms. The maximum absolute atomic E-state index is 11.2. The highest BCUT2D eigenvalue weighted by atomic mass is 16.5. The molecule has 1 aromatic rings. The Morgan fingerprint density at radius 1 is 0.853 bits per heavy atom. The molecule has 0 spiro atoms. The van der Waals surface area contributed by atoms with E-state index in [0.717, 1.165) is 57.4 Å². The molecule has 1 aromatic carbocycles. The van der Waals surface area contributed by atoms with Gasteiger partial charge in [-0.1, -0.05) is 52.4 Å². The van der Waals surface area contributed by atoms with Crippen molar-refractivity contribution in [3.63, 3.8) is 0 Å². The second-order valence-electron chi connectivity index (χ2n) is 8.42. The molecule has 2 N–H and O–H groups in total. The molecule has 7 nitrogen and oxygen atoms in total. The minimum atomic E-state index is -1.04. The number of ketones is 1. The number of aliphatic carboxylic acids is 1. The van der Waals surface area contributed by atoms with E-state index in [-0.39, 0.29) is 5.78 Å². The predicted octanol–water partition coefficient (Wildman–Crippen LogP) is 5.81. The summed E-state index contributed by atoms with van der Waals surface area (Å²) in [4.78, 5) is 22.3. The van der Waals surface area contributed by atoms with Crippen molar-refractivity contribution in [2.24, 2.45) is 0 Å². The molecule has 0 aliphatic rings. The maximum atomic E-state index is 11.2. The lowest BCUT2D eigenvalue weighted by Crippen LogP contribution is -2.17. The lowest BCUT2D eigenvalue weighted by atomic mass is 10.1. The molecule has 1 unspecified atom stereocenters. The number of hydrogen-bond donors (Lipinski definition) is 2. The number of unbranched alkanes of at least 4 members (excludes halogenated alkanes) is 6. The molecule has 0 saturated heterocycles. The van der Waals surface area contributed by atoms with Gasteiger partial charge in [0.05, 0.1) is 19.8 Å². The van der Waals surface area contributed by atoms with E-state index >= 15 is 0 Å². The molecule has 0 amide bonds. The van der Waals surface area contributed by atoms with E-state index in [2.05, 4.69) is 13.8 Å². The van der Waals surface area contributed by atoms with Gasteiger partial charge >= 0.3 is 5.97 Å². The fourth-order valence-corrected chi connectivity index (χ4v) is 3.32. The number of hydrogen-bond acceptors (Lipinski definition) is 6. The average Bonchev–Trinajstić information content (AvgIpc) is 2.81. The highest BCUT2D eigenvalue weighted by Crippen LogP contribution is 2.41. The van der Waals surface area contributed by atoms with Crippen LogP contribution in [-0.4, -0.2) is 47.9 Å². The second kappa shape index (κ2) is 17.9. The molecule has 0 aromatic heterocycles. The number of benzene rings is 1. The van der Waals surface area contributed by atoms with Crippen LogP contribution in [0.1, 0.15) is 90.5 Å². The number of carbonyl (C=O) groups is 2. The van der Waals surface area contributed by atoms with Crippen LogP contribution < -0.4 is 14.2 Å². The smallest absolute Gasteiger partial charge is 0.328 e. The quantitative estimate of drug-likeness (QED) is 0.180. The number of carboxylic acid groups (broad SMARTS) is 1. The van der Waals surface area contributed by atoms with Crippen molar-refractivity contribution >= 4 is 17.8 Å². The average molecular weight is 479 g/mol. The van der Waals surface area contributed by atoms with Crippen molar-refractivity contribution in [3.8, 4) is 17.2 Å². The van der Waals surface area contributed by atoms with Gasteiger partial charge < -0.3 is 24.4 Å². The van der Waals surface area contributed by atoms with Crippen LogP contribution in [0.5, 0.6) is 17.2 Å². The fourth-order valence-electron chi connectivity index (χ4n) is 3.32. The molecule has 0 heterocycles. The first-order chi connectivity index (χ1) is 16.4. The van der Waals surface area contributed by atoms with Gasteiger partial charge in [-0.15, -0.1) is 0 Å². The van der Waals surface area contributed by atoms with Crippen LogP contribution >= 0.6 is 0 Å². The van der Waals surface area contributed by atoms with E-state index in [9.17, 15) is 14.7 Å². The summed E-state index contributed by atoms with van der Waals surface area (Å²) in [5, 5.41) is 18.8. The number of aliphatic hydroxyl groups is 1. The first kappa shape index (κ1) is 29.5. The van der Waals surface area contributed by atoms with Gasteiger partial charge in [-0.25, -0.2) is 4.79 Å². The molecule has 0 fully saturated rings. The van der Waals surface area contributed by atoms with Gasteiger partial charge in [0.25, 0.3) is 0 Å².